The molecule has 2 atom stereocenters. The van der Waals surface area contributed by atoms with Crippen LogP contribution >= 0.6 is 0 Å². The minimum absolute atomic E-state index is 0.0955. The van der Waals surface area contributed by atoms with Crippen molar-refractivity contribution >= 4 is 29.5 Å². The summed E-state index contributed by atoms with van der Waals surface area (Å²) in [4.78, 5) is 42.9. The van der Waals surface area contributed by atoms with Gasteiger partial charge in [-0.25, -0.2) is 9.59 Å². The molecule has 2 aromatic rings. The lowest BCUT2D eigenvalue weighted by molar-refractivity contribution is -0.119. The first-order valence-corrected chi connectivity index (χ1v) is 13.4. The number of alkyl carbamates (subject to hydrolysis) is 1. The lowest BCUT2D eigenvalue weighted by Gasteiger charge is -2.27. The van der Waals surface area contributed by atoms with Crippen molar-refractivity contribution < 1.29 is 23.9 Å². The smallest absolute Gasteiger partial charge is 0.411 e. The van der Waals surface area contributed by atoms with Gasteiger partial charge in [-0.3, -0.25) is 15.1 Å². The molecule has 1 aromatic heterocycles. The van der Waals surface area contributed by atoms with Gasteiger partial charge in [0.1, 0.15) is 5.60 Å². The number of carbonyl (C=O) groups is 3. The molecule has 3 N–H and O–H groups in total. The zero-order valence-corrected chi connectivity index (χ0v) is 22.9. The summed E-state index contributed by atoms with van der Waals surface area (Å²) in [6, 6.07) is 7.14. The first-order valence-electron chi connectivity index (χ1n) is 13.4. The predicted octanol–water partition coefficient (Wildman–Crippen LogP) is 6.13. The Hall–Kier alpha value is -3.62. The molecule has 204 valence electrons. The quantitative estimate of drug-likeness (QED) is 0.437. The molecule has 9 nitrogen and oxygen atoms in total. The molecule has 0 saturated carbocycles. The molecular weight excluding hydrogens is 484 g/mol. The van der Waals surface area contributed by atoms with Gasteiger partial charge in [0.05, 0.1) is 24.5 Å². The lowest BCUT2D eigenvalue weighted by atomic mass is 9.86. The summed E-state index contributed by atoms with van der Waals surface area (Å²) in [6.45, 7) is 7.41. The van der Waals surface area contributed by atoms with Gasteiger partial charge in [0.15, 0.2) is 0 Å². The van der Waals surface area contributed by atoms with Crippen LogP contribution in [0.1, 0.15) is 82.8 Å². The summed E-state index contributed by atoms with van der Waals surface area (Å²) in [5.74, 6) is -0.344. The Bertz CT molecular complexity index is 1220. The molecule has 2 heterocycles. The van der Waals surface area contributed by atoms with E-state index < -0.39 is 17.8 Å². The van der Waals surface area contributed by atoms with Crippen LogP contribution in [0.2, 0.25) is 0 Å². The first-order chi connectivity index (χ1) is 18.0. The molecular formula is C29H38N4O5. The summed E-state index contributed by atoms with van der Waals surface area (Å²) < 4.78 is 10.3. The van der Waals surface area contributed by atoms with Gasteiger partial charge < -0.3 is 20.1 Å². The van der Waals surface area contributed by atoms with Crippen LogP contribution in [0.3, 0.4) is 0 Å². The Balaban J connectivity index is 1.84. The van der Waals surface area contributed by atoms with Crippen LogP contribution in [0.15, 0.2) is 24.3 Å². The number of methoxy groups -OCH3 is 1. The Kier molecular flexibility index (Phi) is 8.23. The van der Waals surface area contributed by atoms with Crippen LogP contribution < -0.4 is 16.0 Å². The third-order valence-electron chi connectivity index (χ3n) is 6.95. The minimum atomic E-state index is -0.620. The molecule has 1 aromatic carbocycles. The number of hydrogen-bond acceptors (Lipinski definition) is 6. The van der Waals surface area contributed by atoms with E-state index in [1.54, 1.807) is 12.1 Å². The maximum absolute atomic E-state index is 13.2. The molecule has 4 rings (SSSR count). The van der Waals surface area contributed by atoms with Crippen LogP contribution in [0.25, 0.3) is 11.1 Å². The number of anilines is 2. The Morgan fingerprint density at radius 1 is 1.03 bits per heavy atom. The van der Waals surface area contributed by atoms with E-state index in [0.29, 0.717) is 24.2 Å². The Morgan fingerprint density at radius 2 is 1.79 bits per heavy atom. The first kappa shape index (κ1) is 27.4. The molecule has 1 aliphatic carbocycles. The van der Waals surface area contributed by atoms with E-state index in [1.807, 2.05) is 39.8 Å². The second-order valence-electron chi connectivity index (χ2n) is 11.1. The van der Waals surface area contributed by atoms with Crippen LogP contribution in [-0.2, 0) is 27.1 Å². The van der Waals surface area contributed by atoms with Gasteiger partial charge in [-0.15, -0.1) is 0 Å². The van der Waals surface area contributed by atoms with Crippen molar-refractivity contribution in [2.75, 3.05) is 17.7 Å². The molecule has 1 aliphatic heterocycles. The number of pyridine rings is 1. The molecule has 38 heavy (non-hydrogen) atoms. The highest BCUT2D eigenvalue weighted by Crippen LogP contribution is 2.39. The van der Waals surface area contributed by atoms with Crippen LogP contribution in [0.5, 0.6) is 0 Å². The van der Waals surface area contributed by atoms with E-state index in [9.17, 15) is 14.4 Å². The summed E-state index contributed by atoms with van der Waals surface area (Å²) in [6.07, 6.45) is 4.78. The summed E-state index contributed by atoms with van der Waals surface area (Å²) >= 11 is 0. The van der Waals surface area contributed by atoms with E-state index >= 15 is 0 Å². The molecule has 2 bridgehead atoms. The number of nitrogens with zero attached hydrogens (tertiary/aromatic N) is 1. The summed E-state index contributed by atoms with van der Waals surface area (Å²) in [5.41, 5.74) is 5.30. The molecule has 0 fully saturated rings. The van der Waals surface area contributed by atoms with Gasteiger partial charge in [-0.2, -0.15) is 0 Å². The largest absolute Gasteiger partial charge is 0.453 e. The Labute approximate surface area is 224 Å². The standard InChI is InChI=1S/C29H38N4O5/c1-17-9-8-12-23(33-28(36)38-29(2,3)4)25-16-21(19-10-6-7-11-22(19)31-25)20-14-13-18(30-27(35)37-5)15-24(20)32-26(17)34/h13-17,23H,6-12H2,1-5H3,(H,30,35)(H,32,34)(H,33,36)/t17-,23+/m1/s1. The number of benzene rings is 1. The zero-order valence-electron chi connectivity index (χ0n) is 22.9. The van der Waals surface area contributed by atoms with Crippen LogP contribution in [-0.4, -0.2) is 35.8 Å². The average Bonchev–Trinajstić information content (AvgIpc) is 2.86. The molecule has 0 spiro atoms. The number of ether oxygens (including phenoxy) is 2. The molecule has 0 saturated heterocycles. The van der Waals surface area contributed by atoms with E-state index in [0.717, 1.165) is 60.2 Å². The molecule has 3 amide bonds. The maximum Gasteiger partial charge on any atom is 0.411 e. The third-order valence-corrected chi connectivity index (χ3v) is 6.95. The number of rotatable bonds is 2. The van der Waals surface area contributed by atoms with Gasteiger partial charge in [-0.1, -0.05) is 19.4 Å². The van der Waals surface area contributed by atoms with Crippen LogP contribution in [0.4, 0.5) is 21.0 Å². The van der Waals surface area contributed by atoms with Crippen LogP contribution in [0, 0.1) is 5.92 Å². The Morgan fingerprint density at radius 3 is 2.53 bits per heavy atom. The van der Waals surface area contributed by atoms with Crippen molar-refractivity contribution in [3.05, 3.63) is 41.2 Å². The number of nitrogens with one attached hydrogen (secondary N) is 3. The maximum atomic E-state index is 13.2. The lowest BCUT2D eigenvalue weighted by Crippen LogP contribution is -2.35. The fraction of sp³-hybridized carbons (Fsp3) is 0.517. The van der Waals surface area contributed by atoms with E-state index in [4.69, 9.17) is 14.5 Å². The third kappa shape index (κ3) is 6.62. The highest BCUT2D eigenvalue weighted by atomic mass is 16.6. The highest BCUT2D eigenvalue weighted by molar-refractivity contribution is 5.99. The van der Waals surface area contributed by atoms with Crippen molar-refractivity contribution in [1.82, 2.24) is 10.3 Å². The fourth-order valence-corrected chi connectivity index (χ4v) is 5.03. The van der Waals surface area contributed by atoms with E-state index in [-0.39, 0.29) is 17.9 Å². The van der Waals surface area contributed by atoms with Crippen molar-refractivity contribution in [2.45, 2.75) is 84.3 Å². The zero-order chi connectivity index (χ0) is 27.4. The van der Waals surface area contributed by atoms with Gasteiger partial charge in [0.2, 0.25) is 5.91 Å². The van der Waals surface area contributed by atoms with E-state index in [2.05, 4.69) is 16.0 Å². The number of amides is 3. The normalized spacial score (nSPS) is 19.4. The van der Waals surface area contributed by atoms with Gasteiger partial charge in [0, 0.05) is 22.9 Å². The molecule has 0 unspecified atom stereocenters. The van der Waals surface area contributed by atoms with Gasteiger partial charge >= 0.3 is 12.2 Å². The van der Waals surface area contributed by atoms with Crippen molar-refractivity contribution in [3.63, 3.8) is 0 Å². The van der Waals surface area contributed by atoms with Gasteiger partial charge in [0.25, 0.3) is 0 Å². The number of hydrogen-bond donors (Lipinski definition) is 3. The SMILES string of the molecule is COC(=O)Nc1ccc2c(c1)NC(=O)[C@H](C)CCC[C@H](NC(=O)OC(C)(C)C)c1cc-2c2c(n1)CCCC2. The fourth-order valence-electron chi connectivity index (χ4n) is 5.03. The summed E-state index contributed by atoms with van der Waals surface area (Å²) in [7, 11) is 1.30. The molecule has 0 radical (unpaired) electrons. The van der Waals surface area contributed by atoms with E-state index in [1.165, 1.54) is 7.11 Å². The van der Waals surface area contributed by atoms with Crippen molar-refractivity contribution in [1.29, 1.82) is 0 Å². The number of carbonyl (C=O) groups excluding carboxylic acids is 3. The predicted molar refractivity (Wildman–Crippen MR) is 146 cm³/mol. The summed E-state index contributed by atoms with van der Waals surface area (Å²) in [5, 5.41) is 8.83. The average molecular weight is 523 g/mol. The number of aryl methyl sites for hydroxylation is 1. The monoisotopic (exact) mass is 522 g/mol. The highest BCUT2D eigenvalue weighted by Gasteiger charge is 2.27. The van der Waals surface area contributed by atoms with Crippen molar-refractivity contribution in [2.24, 2.45) is 5.92 Å². The topological polar surface area (TPSA) is 119 Å². The second-order valence-corrected chi connectivity index (χ2v) is 11.1. The van der Waals surface area contributed by atoms with Gasteiger partial charge in [-0.05, 0) is 88.6 Å². The number of aromatic nitrogens is 1. The van der Waals surface area contributed by atoms with Crippen molar-refractivity contribution in [3.8, 4) is 11.1 Å². The molecule has 2 aliphatic rings. The second kappa shape index (κ2) is 11.4. The number of fused-ring (bicyclic) bond motifs is 6. The minimum Gasteiger partial charge on any atom is -0.453 e. The molecule has 9 heteroatoms.